The smallest absolute Gasteiger partial charge is 0.274 e. The van der Waals surface area contributed by atoms with Crippen LogP contribution in [0, 0.1) is 5.92 Å². The molecule has 6 nitrogen and oxygen atoms in total. The van der Waals surface area contributed by atoms with Crippen LogP contribution in [0.1, 0.15) is 24.3 Å². The van der Waals surface area contributed by atoms with E-state index in [0.717, 1.165) is 6.54 Å². The first-order valence-electron chi connectivity index (χ1n) is 8.81. The van der Waals surface area contributed by atoms with Crippen LogP contribution in [0.5, 0.6) is 11.5 Å². The lowest BCUT2D eigenvalue weighted by atomic mass is 10.2. The summed E-state index contributed by atoms with van der Waals surface area (Å²) in [5, 5.41) is 6.05. The van der Waals surface area contributed by atoms with Gasteiger partial charge in [-0.2, -0.15) is 0 Å². The van der Waals surface area contributed by atoms with Crippen LogP contribution in [0.25, 0.3) is 0 Å². The number of hydrogen-bond donors (Lipinski definition) is 2. The third-order valence-electron chi connectivity index (χ3n) is 3.70. The van der Waals surface area contributed by atoms with Crippen LogP contribution in [0.2, 0.25) is 0 Å². The van der Waals surface area contributed by atoms with Gasteiger partial charge >= 0.3 is 0 Å². The van der Waals surface area contributed by atoms with Crippen molar-refractivity contribution in [1.29, 1.82) is 0 Å². The second-order valence-corrected chi connectivity index (χ2v) is 6.43. The lowest BCUT2D eigenvalue weighted by molar-refractivity contribution is 0.102. The highest BCUT2D eigenvalue weighted by Gasteiger charge is 2.12. The predicted molar refractivity (Wildman–Crippen MR) is 106 cm³/mol. The number of carbonyl (C=O) groups excluding carboxylic acids is 1. The summed E-state index contributed by atoms with van der Waals surface area (Å²) in [5.74, 6) is 2.02. The second-order valence-electron chi connectivity index (χ2n) is 6.43. The zero-order valence-electron chi connectivity index (χ0n) is 15.3. The van der Waals surface area contributed by atoms with Crippen molar-refractivity contribution < 1.29 is 9.53 Å². The fourth-order valence-electron chi connectivity index (χ4n) is 2.35. The average Bonchev–Trinajstić information content (AvgIpc) is 2.69. The molecular weight excluding hydrogens is 340 g/mol. The summed E-state index contributed by atoms with van der Waals surface area (Å²) in [6, 6.07) is 18.3. The number of rotatable bonds is 7. The normalized spacial score (nSPS) is 10.5. The summed E-state index contributed by atoms with van der Waals surface area (Å²) < 4.78 is 5.88. The van der Waals surface area contributed by atoms with Gasteiger partial charge in [0.15, 0.2) is 5.75 Å². The monoisotopic (exact) mass is 362 g/mol. The summed E-state index contributed by atoms with van der Waals surface area (Å²) in [5.41, 5.74) is 0.854. The van der Waals surface area contributed by atoms with Crippen molar-refractivity contribution in [3.63, 3.8) is 0 Å². The molecular formula is C21H22N4O2. The predicted octanol–water partition coefficient (Wildman–Crippen LogP) is 4.59. The minimum atomic E-state index is -0.325. The molecule has 1 aromatic heterocycles. The summed E-state index contributed by atoms with van der Waals surface area (Å²) in [6.45, 7) is 4.97. The van der Waals surface area contributed by atoms with Gasteiger partial charge in [0.1, 0.15) is 23.6 Å². The van der Waals surface area contributed by atoms with E-state index in [2.05, 4.69) is 34.4 Å². The highest BCUT2D eigenvalue weighted by molar-refractivity contribution is 6.04. The molecule has 3 rings (SSSR count). The number of carbonyl (C=O) groups is 1. The molecule has 0 aliphatic rings. The Bertz CT molecular complexity index is 897. The van der Waals surface area contributed by atoms with Crippen LogP contribution in [-0.2, 0) is 0 Å². The Kier molecular flexibility index (Phi) is 5.99. The molecule has 0 spiro atoms. The first kappa shape index (κ1) is 18.4. The number of anilines is 2. The van der Waals surface area contributed by atoms with E-state index >= 15 is 0 Å². The van der Waals surface area contributed by atoms with Crippen molar-refractivity contribution >= 4 is 17.4 Å². The van der Waals surface area contributed by atoms with Gasteiger partial charge in [0, 0.05) is 12.6 Å². The molecule has 6 heteroatoms. The summed E-state index contributed by atoms with van der Waals surface area (Å²) >= 11 is 0. The Morgan fingerprint density at radius 1 is 1.04 bits per heavy atom. The van der Waals surface area contributed by atoms with Gasteiger partial charge in [-0.05, 0) is 30.2 Å². The van der Waals surface area contributed by atoms with Crippen molar-refractivity contribution in [3.8, 4) is 11.5 Å². The number of ether oxygens (including phenoxy) is 1. The van der Waals surface area contributed by atoms with E-state index in [9.17, 15) is 4.79 Å². The van der Waals surface area contributed by atoms with E-state index in [1.54, 1.807) is 18.2 Å². The van der Waals surface area contributed by atoms with Crippen LogP contribution < -0.4 is 15.4 Å². The number of amides is 1. The largest absolute Gasteiger partial charge is 0.455 e. The van der Waals surface area contributed by atoms with E-state index in [-0.39, 0.29) is 11.6 Å². The van der Waals surface area contributed by atoms with Gasteiger partial charge in [-0.1, -0.05) is 44.2 Å². The van der Waals surface area contributed by atoms with Gasteiger partial charge < -0.3 is 15.4 Å². The maximum Gasteiger partial charge on any atom is 0.274 e. The van der Waals surface area contributed by atoms with E-state index in [4.69, 9.17) is 4.74 Å². The van der Waals surface area contributed by atoms with E-state index < -0.39 is 0 Å². The Morgan fingerprint density at radius 2 is 1.78 bits per heavy atom. The first-order chi connectivity index (χ1) is 13.1. The maximum absolute atomic E-state index is 12.6. The van der Waals surface area contributed by atoms with Gasteiger partial charge in [-0.15, -0.1) is 0 Å². The fraction of sp³-hybridized carbons (Fsp3) is 0.190. The molecule has 0 radical (unpaired) electrons. The minimum Gasteiger partial charge on any atom is -0.455 e. The van der Waals surface area contributed by atoms with Crippen LogP contribution in [-0.4, -0.2) is 22.4 Å². The molecule has 0 atom stereocenters. The van der Waals surface area contributed by atoms with Crippen molar-refractivity contribution in [2.45, 2.75) is 13.8 Å². The van der Waals surface area contributed by atoms with Crippen LogP contribution in [0.4, 0.5) is 11.5 Å². The van der Waals surface area contributed by atoms with Crippen molar-refractivity contribution in [3.05, 3.63) is 72.7 Å². The Labute approximate surface area is 158 Å². The second kappa shape index (κ2) is 8.80. The Hall–Kier alpha value is -3.41. The summed E-state index contributed by atoms with van der Waals surface area (Å²) in [7, 11) is 0. The van der Waals surface area contributed by atoms with Crippen molar-refractivity contribution in [1.82, 2.24) is 9.97 Å². The molecule has 0 saturated carbocycles. The van der Waals surface area contributed by atoms with Crippen molar-refractivity contribution in [2.24, 2.45) is 5.92 Å². The number of hydrogen-bond acceptors (Lipinski definition) is 5. The fourth-order valence-corrected chi connectivity index (χ4v) is 2.35. The van der Waals surface area contributed by atoms with E-state index in [1.807, 2.05) is 42.5 Å². The molecule has 3 aromatic rings. The summed E-state index contributed by atoms with van der Waals surface area (Å²) in [6.07, 6.45) is 1.38. The zero-order chi connectivity index (χ0) is 19.1. The SMILES string of the molecule is CC(C)CNc1cc(C(=O)Nc2ccccc2Oc2ccccc2)ncn1. The number of para-hydroxylation sites is 3. The van der Waals surface area contributed by atoms with Crippen LogP contribution in [0.15, 0.2) is 67.0 Å². The third kappa shape index (κ3) is 5.28. The average molecular weight is 362 g/mol. The lowest BCUT2D eigenvalue weighted by Gasteiger charge is -2.12. The third-order valence-corrected chi connectivity index (χ3v) is 3.70. The molecule has 0 fully saturated rings. The molecule has 0 aliphatic carbocycles. The van der Waals surface area contributed by atoms with Crippen LogP contribution >= 0.6 is 0 Å². The van der Waals surface area contributed by atoms with Gasteiger partial charge in [-0.3, -0.25) is 4.79 Å². The highest BCUT2D eigenvalue weighted by Crippen LogP contribution is 2.29. The quantitative estimate of drug-likeness (QED) is 0.643. The van der Waals surface area contributed by atoms with E-state index in [1.165, 1.54) is 6.33 Å². The number of nitrogens with one attached hydrogen (secondary N) is 2. The summed E-state index contributed by atoms with van der Waals surface area (Å²) in [4.78, 5) is 20.8. The molecule has 0 saturated heterocycles. The standard InChI is InChI=1S/C21H22N4O2/c1-15(2)13-22-20-12-18(23-14-24-20)21(26)25-17-10-6-7-11-19(17)27-16-8-4-3-5-9-16/h3-12,14-15H,13H2,1-2H3,(H,25,26)(H,22,23,24). The van der Waals surface area contributed by atoms with Crippen LogP contribution in [0.3, 0.4) is 0 Å². The van der Waals surface area contributed by atoms with Gasteiger partial charge in [0.05, 0.1) is 5.69 Å². The number of benzene rings is 2. The molecule has 0 unspecified atom stereocenters. The highest BCUT2D eigenvalue weighted by atomic mass is 16.5. The van der Waals surface area contributed by atoms with Gasteiger partial charge in [-0.25, -0.2) is 9.97 Å². The first-order valence-corrected chi connectivity index (χ1v) is 8.81. The molecule has 2 N–H and O–H groups in total. The number of nitrogens with zero attached hydrogens (tertiary/aromatic N) is 2. The van der Waals surface area contributed by atoms with Gasteiger partial charge in [0.25, 0.3) is 5.91 Å². The molecule has 2 aromatic carbocycles. The molecule has 138 valence electrons. The van der Waals surface area contributed by atoms with Crippen molar-refractivity contribution in [2.75, 3.05) is 17.2 Å². The van der Waals surface area contributed by atoms with Gasteiger partial charge in [0.2, 0.25) is 0 Å². The Balaban J connectivity index is 1.74. The lowest BCUT2D eigenvalue weighted by Crippen LogP contribution is -2.16. The molecule has 1 amide bonds. The molecule has 0 aliphatic heterocycles. The minimum absolute atomic E-state index is 0.283. The Morgan fingerprint density at radius 3 is 2.56 bits per heavy atom. The molecule has 1 heterocycles. The number of aromatic nitrogens is 2. The molecule has 27 heavy (non-hydrogen) atoms. The molecule has 0 bridgehead atoms. The maximum atomic E-state index is 12.6. The topological polar surface area (TPSA) is 76.1 Å². The zero-order valence-corrected chi connectivity index (χ0v) is 15.3. The van der Waals surface area contributed by atoms with E-state index in [0.29, 0.717) is 28.9 Å².